The van der Waals surface area contributed by atoms with Crippen molar-refractivity contribution in [1.29, 1.82) is 0 Å². The van der Waals surface area contributed by atoms with E-state index in [0.29, 0.717) is 18.6 Å². The molecule has 3 heterocycles. The predicted octanol–water partition coefficient (Wildman–Crippen LogP) is 3.72. The van der Waals surface area contributed by atoms with Crippen molar-refractivity contribution in [3.05, 3.63) is 60.2 Å². The minimum absolute atomic E-state index is 0.00615. The number of hydroxylamine groups is 1. The first-order chi connectivity index (χ1) is 18.5. The molecule has 38 heavy (non-hydrogen) atoms. The van der Waals surface area contributed by atoms with E-state index in [2.05, 4.69) is 22.5 Å². The molecule has 1 amide bonds. The number of benzene rings is 2. The molecule has 2 aromatic carbocycles. The van der Waals surface area contributed by atoms with E-state index in [0.717, 1.165) is 56.0 Å². The van der Waals surface area contributed by atoms with Crippen molar-refractivity contribution < 1.29 is 27.5 Å². The smallest absolute Gasteiger partial charge is 0.271 e. The number of carbonyl (C=O) groups is 1. The highest BCUT2D eigenvalue weighted by Gasteiger charge is 2.31. The van der Waals surface area contributed by atoms with Crippen molar-refractivity contribution in [3.63, 3.8) is 0 Å². The first kappa shape index (κ1) is 28.3. The van der Waals surface area contributed by atoms with Gasteiger partial charge in [0.2, 0.25) is 10.0 Å². The molecule has 2 saturated heterocycles. The fourth-order valence-corrected chi connectivity index (χ4v) is 5.88. The molecule has 2 fully saturated rings. The van der Waals surface area contributed by atoms with Crippen LogP contribution in [0, 0.1) is 0 Å². The largest absolute Gasteiger partial charge is 0.378 e. The van der Waals surface area contributed by atoms with Crippen LogP contribution in [0.2, 0.25) is 0 Å². The van der Waals surface area contributed by atoms with E-state index in [-0.39, 0.29) is 18.0 Å². The maximum atomic E-state index is 13.2. The molecule has 0 spiro atoms. The van der Waals surface area contributed by atoms with Crippen molar-refractivity contribution in [2.75, 3.05) is 50.9 Å². The van der Waals surface area contributed by atoms with Crippen LogP contribution >= 0.6 is 0 Å². The molecule has 3 aliphatic rings. The van der Waals surface area contributed by atoms with Gasteiger partial charge in [-0.2, -0.15) is 4.31 Å². The molecular weight excluding hydrogens is 506 g/mol. The SMILES string of the molecule is CC.O=C(NOC1CCCCO1)C1=CCN(S(=O)(=O)c2ccc(-c3ccc(N4CCOCC4)cc3)cc2)C1. The molecule has 9 nitrogen and oxygen atoms in total. The Labute approximate surface area is 225 Å². The van der Waals surface area contributed by atoms with Crippen molar-refractivity contribution in [2.45, 2.75) is 44.3 Å². The van der Waals surface area contributed by atoms with Crippen LogP contribution in [0.3, 0.4) is 0 Å². The molecule has 0 aliphatic carbocycles. The summed E-state index contributed by atoms with van der Waals surface area (Å²) in [7, 11) is -3.74. The van der Waals surface area contributed by atoms with Gasteiger partial charge in [0, 0.05) is 50.5 Å². The Kier molecular flexibility index (Phi) is 9.92. The lowest BCUT2D eigenvalue weighted by molar-refractivity contribution is -0.198. The van der Waals surface area contributed by atoms with Gasteiger partial charge in [0.25, 0.3) is 5.91 Å². The van der Waals surface area contributed by atoms with E-state index in [1.165, 1.54) is 4.31 Å². The third-order valence-corrected chi connectivity index (χ3v) is 8.50. The normalized spacial score (nSPS) is 20.3. The second kappa shape index (κ2) is 13.3. The maximum Gasteiger partial charge on any atom is 0.271 e. The standard InChI is InChI=1S/C26H31N3O6S.C2H6/c30-26(27-35-25-3-1-2-16-34-25)22-12-13-29(19-22)36(31,32)24-10-6-21(7-11-24)20-4-8-23(9-5-20)28-14-17-33-18-15-28;1-2/h4-12,25H,1-3,13-19H2,(H,27,30);1-2H3. The van der Waals surface area contributed by atoms with E-state index in [4.69, 9.17) is 14.3 Å². The predicted molar refractivity (Wildman–Crippen MR) is 146 cm³/mol. The van der Waals surface area contributed by atoms with E-state index < -0.39 is 22.2 Å². The Hall–Kier alpha value is -2.76. The monoisotopic (exact) mass is 543 g/mol. The molecule has 3 aliphatic heterocycles. The average molecular weight is 544 g/mol. The number of amides is 1. The molecular formula is C28H37N3O6S. The highest BCUT2D eigenvalue weighted by Crippen LogP contribution is 2.27. The first-order valence-electron chi connectivity index (χ1n) is 13.3. The van der Waals surface area contributed by atoms with Crippen molar-refractivity contribution in [2.24, 2.45) is 0 Å². The molecule has 0 saturated carbocycles. The van der Waals surface area contributed by atoms with E-state index in [1.54, 1.807) is 18.2 Å². The van der Waals surface area contributed by atoms with Crippen LogP contribution in [-0.4, -0.2) is 70.9 Å². The minimum atomic E-state index is -3.74. The third-order valence-electron chi connectivity index (χ3n) is 6.67. The minimum Gasteiger partial charge on any atom is -0.378 e. The lowest BCUT2D eigenvalue weighted by Gasteiger charge is -2.28. The Morgan fingerprint density at radius 3 is 2.24 bits per heavy atom. The highest BCUT2D eigenvalue weighted by molar-refractivity contribution is 7.89. The summed E-state index contributed by atoms with van der Waals surface area (Å²) in [6, 6.07) is 15.1. The fraction of sp³-hybridized carbons (Fsp3) is 0.464. The van der Waals surface area contributed by atoms with Crippen LogP contribution in [0.1, 0.15) is 33.1 Å². The first-order valence-corrected chi connectivity index (χ1v) is 14.7. The number of nitrogens with one attached hydrogen (secondary N) is 1. The van der Waals surface area contributed by atoms with Crippen molar-refractivity contribution >= 4 is 21.6 Å². The van der Waals surface area contributed by atoms with E-state index in [9.17, 15) is 13.2 Å². The zero-order valence-corrected chi connectivity index (χ0v) is 22.9. The van der Waals surface area contributed by atoms with Gasteiger partial charge < -0.3 is 14.4 Å². The number of hydrogen-bond acceptors (Lipinski definition) is 7. The third kappa shape index (κ3) is 6.81. The Morgan fingerprint density at radius 1 is 0.947 bits per heavy atom. The topological polar surface area (TPSA) is 97.4 Å². The van der Waals surface area contributed by atoms with Crippen LogP contribution < -0.4 is 10.4 Å². The van der Waals surface area contributed by atoms with Gasteiger partial charge in [-0.1, -0.05) is 44.2 Å². The molecule has 1 atom stereocenters. The molecule has 0 aromatic heterocycles. The van der Waals surface area contributed by atoms with Gasteiger partial charge in [0.1, 0.15) is 0 Å². The molecule has 0 bridgehead atoms. The van der Waals surface area contributed by atoms with Gasteiger partial charge in [0.15, 0.2) is 6.29 Å². The summed E-state index contributed by atoms with van der Waals surface area (Å²) < 4.78 is 38.5. The molecule has 1 unspecified atom stereocenters. The number of hydrogen-bond donors (Lipinski definition) is 1. The van der Waals surface area contributed by atoms with Crippen LogP contribution in [0.15, 0.2) is 65.1 Å². The zero-order chi connectivity index (χ0) is 27.0. The summed E-state index contributed by atoms with van der Waals surface area (Å²) in [6.07, 6.45) is 3.83. The van der Waals surface area contributed by atoms with Gasteiger partial charge >= 0.3 is 0 Å². The molecule has 5 rings (SSSR count). The molecule has 0 radical (unpaired) electrons. The van der Waals surface area contributed by atoms with E-state index in [1.807, 2.05) is 38.1 Å². The summed E-state index contributed by atoms with van der Waals surface area (Å²) in [6.45, 7) is 7.96. The number of ether oxygens (including phenoxy) is 2. The molecule has 2 aromatic rings. The van der Waals surface area contributed by atoms with Gasteiger partial charge in [-0.05, 0) is 48.2 Å². The van der Waals surface area contributed by atoms with Gasteiger partial charge in [-0.25, -0.2) is 18.7 Å². The summed E-state index contributed by atoms with van der Waals surface area (Å²) in [5, 5.41) is 0. The Bertz CT molecular complexity index is 1190. The summed E-state index contributed by atoms with van der Waals surface area (Å²) in [4.78, 5) is 20.2. The van der Waals surface area contributed by atoms with Gasteiger partial charge in [0.05, 0.1) is 18.1 Å². The quantitative estimate of drug-likeness (QED) is 0.532. The zero-order valence-electron chi connectivity index (χ0n) is 22.1. The second-order valence-electron chi connectivity index (χ2n) is 9.04. The Morgan fingerprint density at radius 2 is 1.61 bits per heavy atom. The molecule has 206 valence electrons. The maximum absolute atomic E-state index is 13.2. The fourth-order valence-electron chi connectivity index (χ4n) is 4.52. The van der Waals surface area contributed by atoms with Gasteiger partial charge in [-0.3, -0.25) is 4.79 Å². The number of morpholine rings is 1. The van der Waals surface area contributed by atoms with Crippen molar-refractivity contribution in [3.8, 4) is 11.1 Å². The number of sulfonamides is 1. The number of rotatable bonds is 7. The number of anilines is 1. The lowest BCUT2D eigenvalue weighted by Crippen LogP contribution is -2.36. The van der Waals surface area contributed by atoms with Crippen LogP contribution in [0.4, 0.5) is 5.69 Å². The summed E-state index contributed by atoms with van der Waals surface area (Å²) >= 11 is 0. The van der Waals surface area contributed by atoms with Crippen LogP contribution in [0.25, 0.3) is 11.1 Å². The summed E-state index contributed by atoms with van der Waals surface area (Å²) in [5.74, 6) is -0.447. The Balaban J connectivity index is 0.00000164. The van der Waals surface area contributed by atoms with E-state index >= 15 is 0 Å². The second-order valence-corrected chi connectivity index (χ2v) is 11.0. The summed E-state index contributed by atoms with van der Waals surface area (Å²) in [5.41, 5.74) is 5.85. The van der Waals surface area contributed by atoms with Crippen LogP contribution in [0.5, 0.6) is 0 Å². The van der Waals surface area contributed by atoms with Crippen LogP contribution in [-0.2, 0) is 29.1 Å². The molecule has 10 heteroatoms. The van der Waals surface area contributed by atoms with Crippen molar-refractivity contribution in [1.82, 2.24) is 9.79 Å². The average Bonchev–Trinajstić information content (AvgIpc) is 3.50. The van der Waals surface area contributed by atoms with Gasteiger partial charge in [-0.15, -0.1) is 0 Å². The number of nitrogens with zero attached hydrogens (tertiary/aromatic N) is 2. The lowest BCUT2D eigenvalue weighted by atomic mass is 10.1. The number of carbonyl (C=O) groups excluding carboxylic acids is 1. The molecule has 1 N–H and O–H groups in total. The highest BCUT2D eigenvalue weighted by atomic mass is 32.2.